The number of nitrogens with zero attached hydrogens (tertiary/aromatic N) is 1. The SMILES string of the molecule is CN(C[CH]c1ccccc1)C(N)=O. The molecule has 0 saturated carbocycles. The Morgan fingerprint density at radius 3 is 2.62 bits per heavy atom. The van der Waals surface area contributed by atoms with Crippen molar-refractivity contribution in [2.45, 2.75) is 0 Å². The Labute approximate surface area is 78.2 Å². The maximum absolute atomic E-state index is 10.6. The van der Waals surface area contributed by atoms with Crippen LogP contribution in [0.5, 0.6) is 0 Å². The average molecular weight is 177 g/mol. The van der Waals surface area contributed by atoms with Crippen LogP contribution in [0.25, 0.3) is 0 Å². The van der Waals surface area contributed by atoms with Crippen LogP contribution in [-0.4, -0.2) is 24.5 Å². The van der Waals surface area contributed by atoms with Crippen LogP contribution in [-0.2, 0) is 0 Å². The van der Waals surface area contributed by atoms with Gasteiger partial charge in [0, 0.05) is 20.0 Å². The van der Waals surface area contributed by atoms with Gasteiger partial charge in [0.1, 0.15) is 0 Å². The third-order valence-corrected chi connectivity index (χ3v) is 1.78. The molecule has 2 N–H and O–H groups in total. The summed E-state index contributed by atoms with van der Waals surface area (Å²) in [5.74, 6) is 0. The molecule has 2 amide bonds. The van der Waals surface area contributed by atoms with Gasteiger partial charge in [-0.3, -0.25) is 0 Å². The van der Waals surface area contributed by atoms with Crippen molar-refractivity contribution in [2.75, 3.05) is 13.6 Å². The molecular weight excluding hydrogens is 164 g/mol. The van der Waals surface area contributed by atoms with Gasteiger partial charge in [0.2, 0.25) is 0 Å². The highest BCUT2D eigenvalue weighted by Crippen LogP contribution is 2.02. The first-order chi connectivity index (χ1) is 6.20. The summed E-state index contributed by atoms with van der Waals surface area (Å²) in [7, 11) is 1.67. The Balaban J connectivity index is 2.39. The first-order valence-corrected chi connectivity index (χ1v) is 4.09. The highest BCUT2D eigenvalue weighted by Gasteiger charge is 2.02. The smallest absolute Gasteiger partial charge is 0.314 e. The Morgan fingerprint density at radius 2 is 2.08 bits per heavy atom. The first-order valence-electron chi connectivity index (χ1n) is 4.09. The summed E-state index contributed by atoms with van der Waals surface area (Å²) in [4.78, 5) is 12.1. The number of likely N-dealkylation sites (N-methyl/N-ethyl adjacent to an activating group) is 1. The number of urea groups is 1. The summed E-state index contributed by atoms with van der Waals surface area (Å²) in [6, 6.07) is 9.41. The number of amides is 2. The molecule has 1 rings (SSSR count). The third kappa shape index (κ3) is 3.15. The Hall–Kier alpha value is -1.51. The fraction of sp³-hybridized carbons (Fsp3) is 0.200. The second-order valence-corrected chi connectivity index (χ2v) is 2.83. The molecule has 1 aromatic rings. The highest BCUT2D eigenvalue weighted by atomic mass is 16.2. The van der Waals surface area contributed by atoms with Crippen molar-refractivity contribution >= 4 is 6.03 Å². The standard InChI is InChI=1S/C10H13N2O/c1-12(10(11)13)8-7-9-5-3-2-4-6-9/h2-7H,8H2,1H3,(H2,11,13). The monoisotopic (exact) mass is 177 g/mol. The van der Waals surface area contributed by atoms with Gasteiger partial charge in [-0.15, -0.1) is 0 Å². The summed E-state index contributed by atoms with van der Waals surface area (Å²) in [5, 5.41) is 0. The van der Waals surface area contributed by atoms with E-state index < -0.39 is 6.03 Å². The number of primary amides is 1. The summed E-state index contributed by atoms with van der Waals surface area (Å²) in [6.07, 6.45) is 1.95. The van der Waals surface area contributed by atoms with Crippen LogP contribution < -0.4 is 5.73 Å². The zero-order valence-electron chi connectivity index (χ0n) is 7.60. The van der Waals surface area contributed by atoms with Crippen molar-refractivity contribution in [3.8, 4) is 0 Å². The molecule has 69 valence electrons. The van der Waals surface area contributed by atoms with Gasteiger partial charge in [0.05, 0.1) is 0 Å². The lowest BCUT2D eigenvalue weighted by Crippen LogP contribution is -2.32. The van der Waals surface area contributed by atoms with Crippen LogP contribution in [0, 0.1) is 6.42 Å². The zero-order chi connectivity index (χ0) is 9.68. The minimum atomic E-state index is -0.410. The van der Waals surface area contributed by atoms with E-state index in [-0.39, 0.29) is 0 Å². The molecule has 0 atom stereocenters. The Morgan fingerprint density at radius 1 is 1.46 bits per heavy atom. The van der Waals surface area contributed by atoms with E-state index in [0.29, 0.717) is 6.54 Å². The molecule has 3 nitrogen and oxygen atoms in total. The van der Waals surface area contributed by atoms with Crippen molar-refractivity contribution < 1.29 is 4.79 Å². The van der Waals surface area contributed by atoms with Crippen molar-refractivity contribution in [1.82, 2.24) is 4.90 Å². The van der Waals surface area contributed by atoms with E-state index >= 15 is 0 Å². The van der Waals surface area contributed by atoms with Gasteiger partial charge >= 0.3 is 6.03 Å². The van der Waals surface area contributed by atoms with Gasteiger partial charge in [0.25, 0.3) is 0 Å². The molecule has 0 aliphatic carbocycles. The molecular formula is C10H13N2O. The molecule has 0 aliphatic heterocycles. The van der Waals surface area contributed by atoms with E-state index in [0.717, 1.165) is 5.56 Å². The molecule has 0 aromatic heterocycles. The van der Waals surface area contributed by atoms with Crippen LogP contribution in [0.4, 0.5) is 4.79 Å². The van der Waals surface area contributed by atoms with E-state index in [1.54, 1.807) is 7.05 Å². The van der Waals surface area contributed by atoms with E-state index in [4.69, 9.17) is 5.73 Å². The maximum atomic E-state index is 10.6. The fourth-order valence-electron chi connectivity index (χ4n) is 0.921. The molecule has 0 heterocycles. The molecule has 3 heteroatoms. The summed E-state index contributed by atoms with van der Waals surface area (Å²) in [5.41, 5.74) is 6.16. The lowest BCUT2D eigenvalue weighted by molar-refractivity contribution is 0.222. The molecule has 0 aliphatic rings. The first kappa shape index (κ1) is 9.58. The minimum absolute atomic E-state index is 0.410. The number of carbonyl (C=O) groups excluding carboxylic acids is 1. The highest BCUT2D eigenvalue weighted by molar-refractivity contribution is 5.71. The molecule has 0 spiro atoms. The molecule has 0 bridgehead atoms. The summed E-state index contributed by atoms with van der Waals surface area (Å²) in [6.45, 7) is 0.541. The zero-order valence-corrected chi connectivity index (χ0v) is 7.60. The normalized spacial score (nSPS) is 9.62. The second kappa shape index (κ2) is 4.50. The average Bonchev–Trinajstić information content (AvgIpc) is 2.15. The number of hydrogen-bond donors (Lipinski definition) is 1. The minimum Gasteiger partial charge on any atom is -0.351 e. The van der Waals surface area contributed by atoms with Crippen molar-refractivity contribution in [3.05, 3.63) is 42.3 Å². The molecule has 0 saturated heterocycles. The van der Waals surface area contributed by atoms with Gasteiger partial charge < -0.3 is 10.6 Å². The van der Waals surface area contributed by atoms with Gasteiger partial charge in [-0.1, -0.05) is 30.3 Å². The van der Waals surface area contributed by atoms with Crippen LogP contribution in [0.2, 0.25) is 0 Å². The van der Waals surface area contributed by atoms with Gasteiger partial charge in [-0.25, -0.2) is 4.79 Å². The Bertz CT molecular complexity index is 272. The van der Waals surface area contributed by atoms with Crippen LogP contribution in [0.15, 0.2) is 30.3 Å². The van der Waals surface area contributed by atoms with Crippen LogP contribution in [0.3, 0.4) is 0 Å². The third-order valence-electron chi connectivity index (χ3n) is 1.78. The largest absolute Gasteiger partial charge is 0.351 e. The van der Waals surface area contributed by atoms with Gasteiger partial charge in [0.15, 0.2) is 0 Å². The van der Waals surface area contributed by atoms with Crippen molar-refractivity contribution in [2.24, 2.45) is 5.73 Å². The lowest BCUT2D eigenvalue weighted by Gasteiger charge is -2.13. The number of rotatable bonds is 3. The lowest BCUT2D eigenvalue weighted by atomic mass is 10.1. The van der Waals surface area contributed by atoms with Crippen molar-refractivity contribution in [3.63, 3.8) is 0 Å². The summed E-state index contributed by atoms with van der Waals surface area (Å²) >= 11 is 0. The molecule has 0 fully saturated rings. The second-order valence-electron chi connectivity index (χ2n) is 2.83. The number of nitrogens with two attached hydrogens (primary N) is 1. The predicted octanol–water partition coefficient (Wildman–Crippen LogP) is 1.25. The predicted molar refractivity (Wildman–Crippen MR) is 52.1 cm³/mol. The van der Waals surface area contributed by atoms with E-state index in [2.05, 4.69) is 0 Å². The Kier molecular flexibility index (Phi) is 3.31. The summed E-state index contributed by atoms with van der Waals surface area (Å²) < 4.78 is 0. The van der Waals surface area contributed by atoms with Crippen LogP contribution >= 0.6 is 0 Å². The van der Waals surface area contributed by atoms with E-state index in [1.165, 1.54) is 4.90 Å². The topological polar surface area (TPSA) is 46.3 Å². The molecule has 0 unspecified atom stereocenters. The molecule has 13 heavy (non-hydrogen) atoms. The fourth-order valence-corrected chi connectivity index (χ4v) is 0.921. The maximum Gasteiger partial charge on any atom is 0.314 e. The quantitative estimate of drug-likeness (QED) is 0.742. The number of hydrogen-bond acceptors (Lipinski definition) is 1. The van der Waals surface area contributed by atoms with Gasteiger partial charge in [-0.2, -0.15) is 0 Å². The molecule has 1 aromatic carbocycles. The van der Waals surface area contributed by atoms with Gasteiger partial charge in [-0.05, 0) is 5.56 Å². The number of carbonyl (C=O) groups is 1. The van der Waals surface area contributed by atoms with E-state index in [1.807, 2.05) is 36.8 Å². The van der Waals surface area contributed by atoms with Crippen LogP contribution in [0.1, 0.15) is 5.56 Å². The van der Waals surface area contributed by atoms with Crippen molar-refractivity contribution in [1.29, 1.82) is 0 Å². The number of benzene rings is 1. The molecule has 1 radical (unpaired) electrons. The van der Waals surface area contributed by atoms with E-state index in [9.17, 15) is 4.79 Å².